The first-order valence-electron chi connectivity index (χ1n) is 7.66. The molecule has 1 N–H and O–H groups in total. The highest BCUT2D eigenvalue weighted by Gasteiger charge is 2.07. The number of nitrogens with one attached hydrogen (secondary N) is 1. The zero-order valence-electron chi connectivity index (χ0n) is 13.4. The number of aryl methyl sites for hydroxylation is 1. The molecule has 0 atom stereocenters. The van der Waals surface area contributed by atoms with E-state index in [0.717, 1.165) is 33.7 Å². The molecule has 0 spiro atoms. The molecule has 5 nitrogen and oxygen atoms in total. The van der Waals surface area contributed by atoms with Crippen LogP contribution in [-0.4, -0.2) is 27.0 Å². The number of ether oxygens (including phenoxy) is 1. The molecular formula is C19H16N4O. The Morgan fingerprint density at radius 3 is 2.46 bits per heavy atom. The molecule has 0 saturated heterocycles. The molecule has 0 aliphatic heterocycles. The van der Waals surface area contributed by atoms with E-state index in [9.17, 15) is 0 Å². The Labute approximate surface area is 139 Å². The van der Waals surface area contributed by atoms with E-state index in [4.69, 9.17) is 4.74 Å². The number of benzene rings is 1. The second kappa shape index (κ2) is 5.77. The van der Waals surface area contributed by atoms with Crippen LogP contribution in [0, 0.1) is 6.92 Å². The Morgan fingerprint density at radius 1 is 0.917 bits per heavy atom. The highest BCUT2D eigenvalue weighted by Crippen LogP contribution is 2.23. The quantitative estimate of drug-likeness (QED) is 0.620. The van der Waals surface area contributed by atoms with Crippen molar-refractivity contribution in [2.45, 2.75) is 6.92 Å². The third-order valence-corrected chi connectivity index (χ3v) is 3.92. The smallest absolute Gasteiger partial charge is 0.212 e. The van der Waals surface area contributed by atoms with Gasteiger partial charge in [-0.3, -0.25) is 4.98 Å². The summed E-state index contributed by atoms with van der Waals surface area (Å²) in [4.78, 5) is 16.7. The van der Waals surface area contributed by atoms with Gasteiger partial charge >= 0.3 is 0 Å². The van der Waals surface area contributed by atoms with Crippen molar-refractivity contribution in [2.75, 3.05) is 7.11 Å². The van der Waals surface area contributed by atoms with E-state index >= 15 is 0 Å². The Hall–Kier alpha value is -3.21. The summed E-state index contributed by atoms with van der Waals surface area (Å²) in [5.41, 5.74) is 5.96. The molecule has 118 valence electrons. The van der Waals surface area contributed by atoms with Crippen LogP contribution in [0.15, 0.2) is 54.9 Å². The van der Waals surface area contributed by atoms with Crippen LogP contribution in [0.4, 0.5) is 0 Å². The Kier molecular flexibility index (Phi) is 3.46. The summed E-state index contributed by atoms with van der Waals surface area (Å²) in [7, 11) is 1.60. The first-order valence-corrected chi connectivity index (χ1v) is 7.66. The number of hydrogen-bond acceptors (Lipinski definition) is 4. The van der Waals surface area contributed by atoms with Gasteiger partial charge in [-0.15, -0.1) is 0 Å². The van der Waals surface area contributed by atoms with Crippen LogP contribution in [-0.2, 0) is 0 Å². The molecule has 0 aliphatic rings. The summed E-state index contributed by atoms with van der Waals surface area (Å²) in [5, 5.41) is 0. The molecular weight excluding hydrogens is 300 g/mol. The molecule has 0 bridgehead atoms. The molecule has 0 fully saturated rings. The molecule has 3 heterocycles. The first kappa shape index (κ1) is 14.4. The van der Waals surface area contributed by atoms with E-state index in [2.05, 4.69) is 39.0 Å². The van der Waals surface area contributed by atoms with Gasteiger partial charge in [0, 0.05) is 29.6 Å². The van der Waals surface area contributed by atoms with Crippen molar-refractivity contribution in [1.82, 2.24) is 19.9 Å². The van der Waals surface area contributed by atoms with Gasteiger partial charge in [0.1, 0.15) is 5.82 Å². The predicted molar refractivity (Wildman–Crippen MR) is 93.8 cm³/mol. The fourth-order valence-electron chi connectivity index (χ4n) is 2.62. The van der Waals surface area contributed by atoms with Crippen LogP contribution in [0.5, 0.6) is 5.88 Å². The van der Waals surface area contributed by atoms with Crippen LogP contribution < -0.4 is 4.74 Å². The van der Waals surface area contributed by atoms with Crippen molar-refractivity contribution in [3.63, 3.8) is 0 Å². The molecule has 0 saturated carbocycles. The number of nitrogens with zero attached hydrogens (tertiary/aromatic N) is 3. The first-order chi connectivity index (χ1) is 11.7. The molecule has 24 heavy (non-hydrogen) atoms. The number of imidazole rings is 1. The van der Waals surface area contributed by atoms with Crippen molar-refractivity contribution in [1.29, 1.82) is 0 Å². The monoisotopic (exact) mass is 316 g/mol. The Balaban J connectivity index is 1.66. The summed E-state index contributed by atoms with van der Waals surface area (Å²) in [6.45, 7) is 2.07. The van der Waals surface area contributed by atoms with Crippen molar-refractivity contribution >= 4 is 11.0 Å². The van der Waals surface area contributed by atoms with Crippen molar-refractivity contribution in [3.8, 4) is 28.5 Å². The number of hydrogen-bond donors (Lipinski definition) is 1. The standard InChI is InChI=1S/C19H16N4O/c1-12-3-6-16-17(9-12)23-19(22-16)14-4-7-15(20-11-14)13-5-8-18(24-2)21-10-13/h3-11H,1-2H3,(H,22,23). The number of methoxy groups -OCH3 is 1. The van der Waals surface area contributed by atoms with Crippen molar-refractivity contribution < 1.29 is 4.74 Å². The largest absolute Gasteiger partial charge is 0.481 e. The second-order valence-corrected chi connectivity index (χ2v) is 5.63. The molecule has 0 aliphatic carbocycles. The summed E-state index contributed by atoms with van der Waals surface area (Å²) >= 11 is 0. The van der Waals surface area contributed by atoms with E-state index in [0.29, 0.717) is 5.88 Å². The lowest BCUT2D eigenvalue weighted by molar-refractivity contribution is 0.398. The van der Waals surface area contributed by atoms with Crippen LogP contribution in [0.2, 0.25) is 0 Å². The predicted octanol–water partition coefficient (Wildman–Crippen LogP) is 4.00. The number of pyridine rings is 2. The SMILES string of the molecule is COc1ccc(-c2ccc(-c3nc4ccc(C)cc4[nH]3)cn2)cn1. The van der Waals surface area contributed by atoms with Gasteiger partial charge in [0.05, 0.1) is 23.8 Å². The lowest BCUT2D eigenvalue weighted by Crippen LogP contribution is -1.89. The molecule has 0 unspecified atom stereocenters. The third kappa shape index (κ3) is 2.60. The molecule has 5 heteroatoms. The molecule has 4 rings (SSSR count). The van der Waals surface area contributed by atoms with Gasteiger partial charge in [-0.25, -0.2) is 9.97 Å². The maximum Gasteiger partial charge on any atom is 0.212 e. The van der Waals surface area contributed by atoms with E-state index in [-0.39, 0.29) is 0 Å². The highest BCUT2D eigenvalue weighted by molar-refractivity contribution is 5.80. The van der Waals surface area contributed by atoms with Gasteiger partial charge in [-0.1, -0.05) is 6.07 Å². The minimum Gasteiger partial charge on any atom is -0.481 e. The summed E-state index contributed by atoms with van der Waals surface area (Å²) in [5.74, 6) is 1.41. The third-order valence-electron chi connectivity index (χ3n) is 3.92. The lowest BCUT2D eigenvalue weighted by Gasteiger charge is -2.03. The van der Waals surface area contributed by atoms with Gasteiger partial charge < -0.3 is 9.72 Å². The van der Waals surface area contributed by atoms with Crippen molar-refractivity contribution in [2.24, 2.45) is 0 Å². The van der Waals surface area contributed by atoms with Crippen LogP contribution in [0.1, 0.15) is 5.56 Å². The summed E-state index contributed by atoms with van der Waals surface area (Å²) in [6, 6.07) is 13.9. The molecule has 3 aromatic heterocycles. The normalized spacial score (nSPS) is 10.9. The van der Waals surface area contributed by atoms with E-state index in [1.165, 1.54) is 5.56 Å². The number of aromatic amines is 1. The van der Waals surface area contributed by atoms with Crippen LogP contribution in [0.3, 0.4) is 0 Å². The zero-order chi connectivity index (χ0) is 16.5. The van der Waals surface area contributed by atoms with Gasteiger partial charge in [-0.2, -0.15) is 0 Å². The minimum atomic E-state index is 0.591. The van der Waals surface area contributed by atoms with E-state index in [1.54, 1.807) is 13.3 Å². The van der Waals surface area contributed by atoms with Gasteiger partial charge in [0.25, 0.3) is 0 Å². The van der Waals surface area contributed by atoms with Crippen molar-refractivity contribution in [3.05, 3.63) is 60.4 Å². The topological polar surface area (TPSA) is 63.7 Å². The molecule has 1 aromatic carbocycles. The minimum absolute atomic E-state index is 0.591. The number of H-pyrrole nitrogens is 1. The average Bonchev–Trinajstić information content (AvgIpc) is 3.05. The van der Waals surface area contributed by atoms with Gasteiger partial charge in [-0.05, 0) is 42.8 Å². The number of rotatable bonds is 3. The average molecular weight is 316 g/mol. The lowest BCUT2D eigenvalue weighted by atomic mass is 10.1. The maximum absolute atomic E-state index is 5.08. The Bertz CT molecular complexity index is 988. The van der Waals surface area contributed by atoms with Crippen LogP contribution >= 0.6 is 0 Å². The van der Waals surface area contributed by atoms with Crippen LogP contribution in [0.25, 0.3) is 33.7 Å². The Morgan fingerprint density at radius 2 is 1.75 bits per heavy atom. The van der Waals surface area contributed by atoms with Gasteiger partial charge in [0.2, 0.25) is 5.88 Å². The van der Waals surface area contributed by atoms with E-state index < -0.39 is 0 Å². The fourth-order valence-corrected chi connectivity index (χ4v) is 2.62. The maximum atomic E-state index is 5.08. The second-order valence-electron chi connectivity index (χ2n) is 5.63. The molecule has 0 radical (unpaired) electrons. The van der Waals surface area contributed by atoms with Gasteiger partial charge in [0.15, 0.2) is 0 Å². The fraction of sp³-hybridized carbons (Fsp3) is 0.105. The molecule has 0 amide bonds. The summed E-state index contributed by atoms with van der Waals surface area (Å²) < 4.78 is 5.08. The number of aromatic nitrogens is 4. The highest BCUT2D eigenvalue weighted by atomic mass is 16.5. The number of fused-ring (bicyclic) bond motifs is 1. The molecule has 4 aromatic rings. The zero-order valence-corrected chi connectivity index (χ0v) is 13.4. The van der Waals surface area contributed by atoms with E-state index in [1.807, 2.05) is 36.5 Å². The summed E-state index contributed by atoms with van der Waals surface area (Å²) in [6.07, 6.45) is 3.58.